The summed E-state index contributed by atoms with van der Waals surface area (Å²) in [4.78, 5) is 8.02. The minimum absolute atomic E-state index is 0.158. The van der Waals surface area contributed by atoms with E-state index in [-0.39, 0.29) is 10.9 Å². The predicted octanol–water partition coefficient (Wildman–Crippen LogP) is 0.691. The van der Waals surface area contributed by atoms with Crippen LogP contribution in [0.4, 0.5) is 5.95 Å². The maximum absolute atomic E-state index is 12.3. The molecule has 0 aliphatic heterocycles. The molecule has 0 amide bonds. The second-order valence-electron chi connectivity index (χ2n) is 3.93. The van der Waals surface area contributed by atoms with Crippen LogP contribution in [0.15, 0.2) is 17.3 Å². The monoisotopic (exact) mass is 256 g/mol. The zero-order valence-electron chi connectivity index (χ0n) is 9.92. The van der Waals surface area contributed by atoms with Crippen LogP contribution >= 0.6 is 0 Å². The van der Waals surface area contributed by atoms with E-state index in [9.17, 15) is 8.42 Å². The van der Waals surface area contributed by atoms with Gasteiger partial charge in [0.15, 0.2) is 0 Å². The van der Waals surface area contributed by atoms with Gasteiger partial charge in [-0.1, -0.05) is 6.92 Å². The van der Waals surface area contributed by atoms with Crippen LogP contribution in [0.25, 0.3) is 0 Å². The first-order valence-corrected chi connectivity index (χ1v) is 7.05. The van der Waals surface area contributed by atoms with Gasteiger partial charge in [0.05, 0.1) is 12.4 Å². The third-order valence-electron chi connectivity index (χ3n) is 2.72. The second-order valence-corrected chi connectivity index (χ2v) is 5.82. The first-order valence-electron chi connectivity index (χ1n) is 5.61. The van der Waals surface area contributed by atoms with Crippen LogP contribution in [-0.2, 0) is 10.0 Å². The lowest BCUT2D eigenvalue weighted by Crippen LogP contribution is -2.33. The van der Waals surface area contributed by atoms with E-state index in [1.54, 1.807) is 7.05 Å². The Hall–Kier alpha value is -1.21. The first-order chi connectivity index (χ1) is 8.09. The molecule has 1 N–H and O–H groups in total. The van der Waals surface area contributed by atoms with E-state index in [0.717, 1.165) is 12.8 Å². The Kier molecular flexibility index (Phi) is 3.30. The molecule has 1 fully saturated rings. The van der Waals surface area contributed by atoms with Crippen molar-refractivity contribution in [1.82, 2.24) is 14.3 Å². The molecule has 0 saturated heterocycles. The highest BCUT2D eigenvalue weighted by Gasteiger charge is 2.37. The number of anilines is 1. The van der Waals surface area contributed by atoms with Gasteiger partial charge in [0.25, 0.3) is 0 Å². The van der Waals surface area contributed by atoms with E-state index in [2.05, 4.69) is 15.3 Å². The second kappa shape index (κ2) is 4.58. The van der Waals surface area contributed by atoms with Crippen molar-refractivity contribution in [2.24, 2.45) is 0 Å². The summed E-state index contributed by atoms with van der Waals surface area (Å²) in [6.07, 6.45) is 4.59. The SMILES string of the molecule is CCN(C1CC1)S(=O)(=O)c1cnc(NC)nc1. The van der Waals surface area contributed by atoms with E-state index in [4.69, 9.17) is 0 Å². The van der Waals surface area contributed by atoms with Crippen LogP contribution in [0.5, 0.6) is 0 Å². The van der Waals surface area contributed by atoms with Crippen molar-refractivity contribution in [2.45, 2.75) is 30.7 Å². The lowest BCUT2D eigenvalue weighted by atomic mass is 10.6. The highest BCUT2D eigenvalue weighted by Crippen LogP contribution is 2.31. The van der Waals surface area contributed by atoms with E-state index in [1.807, 2.05) is 6.92 Å². The number of sulfonamides is 1. The Bertz CT molecular complexity index is 482. The highest BCUT2D eigenvalue weighted by atomic mass is 32.2. The number of hydrogen-bond donors (Lipinski definition) is 1. The van der Waals surface area contributed by atoms with Crippen LogP contribution in [0.2, 0.25) is 0 Å². The Labute approximate surface area is 101 Å². The molecule has 0 atom stereocenters. The summed E-state index contributed by atoms with van der Waals surface area (Å²) in [5.41, 5.74) is 0. The summed E-state index contributed by atoms with van der Waals surface area (Å²) in [5, 5.41) is 2.75. The van der Waals surface area contributed by atoms with Crippen LogP contribution in [0.1, 0.15) is 19.8 Å². The molecule has 1 aliphatic carbocycles. The van der Waals surface area contributed by atoms with Gasteiger partial charge >= 0.3 is 0 Å². The average molecular weight is 256 g/mol. The van der Waals surface area contributed by atoms with E-state index in [0.29, 0.717) is 12.5 Å². The predicted molar refractivity (Wildman–Crippen MR) is 64.2 cm³/mol. The highest BCUT2D eigenvalue weighted by molar-refractivity contribution is 7.89. The molecule has 6 nitrogen and oxygen atoms in total. The van der Waals surface area contributed by atoms with Crippen LogP contribution in [0, 0.1) is 0 Å². The van der Waals surface area contributed by atoms with Gasteiger partial charge in [0.2, 0.25) is 16.0 Å². The fourth-order valence-corrected chi connectivity index (χ4v) is 3.29. The zero-order chi connectivity index (χ0) is 12.5. The van der Waals surface area contributed by atoms with Gasteiger partial charge in [-0.25, -0.2) is 18.4 Å². The molecule has 1 aromatic rings. The lowest BCUT2D eigenvalue weighted by Gasteiger charge is -2.19. The van der Waals surface area contributed by atoms with Gasteiger partial charge in [0, 0.05) is 19.6 Å². The molecule has 0 bridgehead atoms. The molecule has 0 unspecified atom stereocenters. The summed E-state index contributed by atoms with van der Waals surface area (Å²) in [6.45, 7) is 2.33. The van der Waals surface area contributed by atoms with Gasteiger partial charge in [-0.2, -0.15) is 4.31 Å². The molecular weight excluding hydrogens is 240 g/mol. The third kappa shape index (κ3) is 2.39. The molecule has 0 aromatic carbocycles. The molecule has 1 heterocycles. The molecule has 94 valence electrons. The lowest BCUT2D eigenvalue weighted by molar-refractivity contribution is 0.420. The topological polar surface area (TPSA) is 75.2 Å². The Morgan fingerprint density at radius 1 is 1.41 bits per heavy atom. The molecule has 1 aromatic heterocycles. The molecule has 0 spiro atoms. The molecule has 0 radical (unpaired) electrons. The molecular formula is C10H16N4O2S. The van der Waals surface area contributed by atoms with Crippen molar-refractivity contribution in [3.8, 4) is 0 Å². The van der Waals surface area contributed by atoms with E-state index < -0.39 is 10.0 Å². The number of rotatable bonds is 5. The summed E-state index contributed by atoms with van der Waals surface area (Å²) in [7, 11) is -1.75. The number of nitrogens with zero attached hydrogens (tertiary/aromatic N) is 3. The van der Waals surface area contributed by atoms with Gasteiger partial charge < -0.3 is 5.32 Å². The van der Waals surface area contributed by atoms with Crippen molar-refractivity contribution in [1.29, 1.82) is 0 Å². The van der Waals surface area contributed by atoms with Gasteiger partial charge in [-0.3, -0.25) is 0 Å². The van der Waals surface area contributed by atoms with E-state index >= 15 is 0 Å². The van der Waals surface area contributed by atoms with Crippen molar-refractivity contribution in [3.05, 3.63) is 12.4 Å². The maximum atomic E-state index is 12.3. The van der Waals surface area contributed by atoms with Crippen LogP contribution in [-0.4, -0.2) is 42.3 Å². The van der Waals surface area contributed by atoms with Gasteiger partial charge in [-0.05, 0) is 12.8 Å². The molecule has 17 heavy (non-hydrogen) atoms. The van der Waals surface area contributed by atoms with Crippen molar-refractivity contribution >= 4 is 16.0 Å². The number of aromatic nitrogens is 2. The first kappa shape index (κ1) is 12.3. The normalized spacial score (nSPS) is 16.2. The van der Waals surface area contributed by atoms with Crippen molar-refractivity contribution in [3.63, 3.8) is 0 Å². The van der Waals surface area contributed by atoms with Gasteiger partial charge in [0.1, 0.15) is 4.90 Å². The molecule has 1 aliphatic rings. The third-order valence-corrected chi connectivity index (χ3v) is 4.70. The van der Waals surface area contributed by atoms with Crippen molar-refractivity contribution < 1.29 is 8.42 Å². The fourth-order valence-electron chi connectivity index (χ4n) is 1.70. The zero-order valence-corrected chi connectivity index (χ0v) is 10.7. The summed E-state index contributed by atoms with van der Waals surface area (Å²) < 4.78 is 26.1. The molecule has 7 heteroatoms. The minimum Gasteiger partial charge on any atom is -0.357 e. The molecule has 2 rings (SSSR count). The van der Waals surface area contributed by atoms with Crippen LogP contribution < -0.4 is 5.32 Å². The Balaban J connectivity index is 2.29. The van der Waals surface area contributed by atoms with Crippen molar-refractivity contribution in [2.75, 3.05) is 18.9 Å². The fraction of sp³-hybridized carbons (Fsp3) is 0.600. The molecule has 1 saturated carbocycles. The minimum atomic E-state index is -3.43. The average Bonchev–Trinajstić information content (AvgIpc) is 3.14. The number of nitrogens with one attached hydrogen (secondary N) is 1. The summed E-state index contributed by atoms with van der Waals surface area (Å²) in [6, 6.07) is 0.161. The standard InChI is InChI=1S/C10H16N4O2S/c1-3-14(8-4-5-8)17(15,16)9-6-12-10(11-2)13-7-9/h6-8H,3-5H2,1-2H3,(H,11,12,13). The summed E-state index contributed by atoms with van der Waals surface area (Å²) >= 11 is 0. The number of hydrogen-bond acceptors (Lipinski definition) is 5. The largest absolute Gasteiger partial charge is 0.357 e. The summed E-state index contributed by atoms with van der Waals surface area (Å²) in [5.74, 6) is 0.415. The smallest absolute Gasteiger partial charge is 0.246 e. The quantitative estimate of drug-likeness (QED) is 0.839. The van der Waals surface area contributed by atoms with E-state index in [1.165, 1.54) is 16.7 Å². The Morgan fingerprint density at radius 3 is 2.41 bits per heavy atom. The van der Waals surface area contributed by atoms with Gasteiger partial charge in [-0.15, -0.1) is 0 Å². The maximum Gasteiger partial charge on any atom is 0.246 e. The van der Waals surface area contributed by atoms with Crippen LogP contribution in [0.3, 0.4) is 0 Å². The Morgan fingerprint density at radius 2 is 2.00 bits per heavy atom.